The van der Waals surface area contributed by atoms with E-state index in [-0.39, 0.29) is 17.8 Å². The van der Waals surface area contributed by atoms with E-state index in [2.05, 4.69) is 15.3 Å². The van der Waals surface area contributed by atoms with Gasteiger partial charge >= 0.3 is 5.97 Å². The summed E-state index contributed by atoms with van der Waals surface area (Å²) in [6.07, 6.45) is -0.260. The average Bonchev–Trinajstić information content (AvgIpc) is 2.46. The molecule has 1 atom stereocenters. The number of fused-ring (bicyclic) bond motifs is 1. The summed E-state index contributed by atoms with van der Waals surface area (Å²) in [5, 5.41) is 11.6. The van der Waals surface area contributed by atoms with Crippen LogP contribution < -0.4 is 15.8 Å². The molecule has 2 aliphatic heterocycles. The number of H-pyrrole nitrogens is 1. The molecule has 9 heteroatoms. The predicted octanol–water partition coefficient (Wildman–Crippen LogP) is -0.883. The van der Waals surface area contributed by atoms with E-state index in [1.807, 2.05) is 4.90 Å². The van der Waals surface area contributed by atoms with Crippen LogP contribution in [0.3, 0.4) is 0 Å². The number of aliphatic carboxylic acids is 1. The minimum atomic E-state index is -1.21. The zero-order valence-corrected chi connectivity index (χ0v) is 11.1. The molecule has 1 aromatic heterocycles. The van der Waals surface area contributed by atoms with Crippen molar-refractivity contribution in [3.63, 3.8) is 0 Å². The molecule has 0 bridgehead atoms. The van der Waals surface area contributed by atoms with Crippen molar-refractivity contribution in [2.45, 2.75) is 12.3 Å². The maximum atomic E-state index is 12.2. The number of carboxylic acid groups (broad SMARTS) is 1. The maximum absolute atomic E-state index is 12.2. The number of carboxylic acids is 1. The molecule has 0 aliphatic carbocycles. The fraction of sp³-hybridized carbons (Fsp3) is 0.500. The third kappa shape index (κ3) is 2.47. The molecule has 1 saturated heterocycles. The van der Waals surface area contributed by atoms with Crippen LogP contribution in [0.1, 0.15) is 17.9 Å². The highest BCUT2D eigenvalue weighted by molar-refractivity contribution is 5.98. The lowest BCUT2D eigenvalue weighted by Crippen LogP contribution is -2.40. The van der Waals surface area contributed by atoms with Crippen molar-refractivity contribution in [1.29, 1.82) is 0 Å². The number of carbonyl (C=O) groups is 2. The Balaban J connectivity index is 2.04. The van der Waals surface area contributed by atoms with Gasteiger partial charge < -0.3 is 20.1 Å². The number of morpholine rings is 1. The van der Waals surface area contributed by atoms with E-state index in [4.69, 9.17) is 9.84 Å². The molecule has 1 amide bonds. The minimum absolute atomic E-state index is 0.000825. The molecule has 0 radical (unpaired) electrons. The Hall–Kier alpha value is -2.42. The van der Waals surface area contributed by atoms with E-state index in [0.717, 1.165) is 0 Å². The summed E-state index contributed by atoms with van der Waals surface area (Å²) in [6, 6.07) is 0. The second kappa shape index (κ2) is 5.17. The van der Waals surface area contributed by atoms with Gasteiger partial charge in [-0.2, -0.15) is 4.98 Å². The molecule has 9 nitrogen and oxygen atoms in total. The molecule has 21 heavy (non-hydrogen) atoms. The van der Waals surface area contributed by atoms with Crippen LogP contribution in [-0.2, 0) is 14.3 Å². The van der Waals surface area contributed by atoms with Crippen molar-refractivity contribution in [3.05, 3.63) is 15.9 Å². The van der Waals surface area contributed by atoms with Gasteiger partial charge in [-0.05, 0) is 0 Å². The Labute approximate surface area is 118 Å². The summed E-state index contributed by atoms with van der Waals surface area (Å²) < 4.78 is 5.22. The number of nitrogens with one attached hydrogen (secondary N) is 2. The van der Waals surface area contributed by atoms with Gasteiger partial charge in [-0.15, -0.1) is 0 Å². The van der Waals surface area contributed by atoms with E-state index in [0.29, 0.717) is 32.3 Å². The number of amides is 1. The fourth-order valence-electron chi connectivity index (χ4n) is 2.50. The number of nitrogens with zero attached hydrogens (tertiary/aromatic N) is 2. The zero-order chi connectivity index (χ0) is 15.0. The standard InChI is InChI=1S/C12H14N4O5/c17-7-5-6(11(19)20)8-9(13-7)14-12(15-10(8)18)16-1-3-21-4-2-16/h6H,1-5H2,(H,19,20)(H2,13,14,15,17,18)/t6-/m1/s1. The molecule has 3 rings (SSSR count). The Bertz CT molecular complexity index is 650. The van der Waals surface area contributed by atoms with Crippen LogP contribution in [0.5, 0.6) is 0 Å². The predicted molar refractivity (Wildman–Crippen MR) is 71.5 cm³/mol. The number of carbonyl (C=O) groups excluding carboxylic acids is 1. The van der Waals surface area contributed by atoms with E-state index in [1.165, 1.54) is 0 Å². The topological polar surface area (TPSA) is 125 Å². The first-order chi connectivity index (χ1) is 10.1. The van der Waals surface area contributed by atoms with Gasteiger partial charge in [0.15, 0.2) is 0 Å². The van der Waals surface area contributed by atoms with Gasteiger partial charge in [0.05, 0.1) is 24.7 Å². The number of hydrogen-bond donors (Lipinski definition) is 3. The first-order valence-corrected chi connectivity index (χ1v) is 6.56. The lowest BCUT2D eigenvalue weighted by molar-refractivity contribution is -0.140. The van der Waals surface area contributed by atoms with Crippen LogP contribution in [0, 0.1) is 0 Å². The first-order valence-electron chi connectivity index (χ1n) is 6.56. The van der Waals surface area contributed by atoms with Crippen molar-refractivity contribution in [1.82, 2.24) is 9.97 Å². The van der Waals surface area contributed by atoms with Crippen LogP contribution in [-0.4, -0.2) is 53.3 Å². The SMILES string of the molecule is O=C1C[C@@H](C(=O)O)c2c(nc(N3CCOCC3)[nH]c2=O)N1. The van der Waals surface area contributed by atoms with Gasteiger partial charge in [0.1, 0.15) is 5.82 Å². The Kier molecular flexibility index (Phi) is 3.34. The molecule has 0 spiro atoms. The fourth-order valence-corrected chi connectivity index (χ4v) is 2.50. The first kappa shape index (κ1) is 13.6. The Morgan fingerprint density at radius 3 is 2.71 bits per heavy atom. The summed E-state index contributed by atoms with van der Waals surface area (Å²) in [5.41, 5.74) is -0.534. The van der Waals surface area contributed by atoms with Gasteiger partial charge in [-0.3, -0.25) is 19.4 Å². The molecule has 3 N–H and O–H groups in total. The van der Waals surface area contributed by atoms with Crippen molar-refractivity contribution >= 4 is 23.6 Å². The molecule has 1 aromatic rings. The summed E-state index contributed by atoms with van der Waals surface area (Å²) in [6.45, 7) is 2.17. The molecule has 0 unspecified atom stereocenters. The van der Waals surface area contributed by atoms with E-state index in [9.17, 15) is 14.4 Å². The summed E-state index contributed by atoms with van der Waals surface area (Å²) in [5.74, 6) is -2.49. The van der Waals surface area contributed by atoms with Crippen molar-refractivity contribution in [2.75, 3.05) is 36.5 Å². The highest BCUT2D eigenvalue weighted by atomic mass is 16.5. The van der Waals surface area contributed by atoms with Crippen LogP contribution in [0.25, 0.3) is 0 Å². The lowest BCUT2D eigenvalue weighted by Gasteiger charge is -2.28. The van der Waals surface area contributed by atoms with Gasteiger partial charge in [0.25, 0.3) is 5.56 Å². The summed E-state index contributed by atoms with van der Waals surface area (Å²) >= 11 is 0. The van der Waals surface area contributed by atoms with Crippen LogP contribution in [0.15, 0.2) is 4.79 Å². The molecule has 1 fully saturated rings. The number of aromatic nitrogens is 2. The smallest absolute Gasteiger partial charge is 0.311 e. The number of ether oxygens (including phenoxy) is 1. The largest absolute Gasteiger partial charge is 0.481 e. The number of anilines is 2. The minimum Gasteiger partial charge on any atom is -0.481 e. The lowest BCUT2D eigenvalue weighted by atomic mass is 9.94. The van der Waals surface area contributed by atoms with Crippen LogP contribution >= 0.6 is 0 Å². The molecular weight excluding hydrogens is 280 g/mol. The second-order valence-corrected chi connectivity index (χ2v) is 4.89. The quantitative estimate of drug-likeness (QED) is 0.646. The Morgan fingerprint density at radius 1 is 1.33 bits per heavy atom. The van der Waals surface area contributed by atoms with Gasteiger partial charge in [0, 0.05) is 19.5 Å². The van der Waals surface area contributed by atoms with Gasteiger partial charge in [0.2, 0.25) is 11.9 Å². The highest BCUT2D eigenvalue weighted by Crippen LogP contribution is 2.29. The second-order valence-electron chi connectivity index (χ2n) is 4.89. The Morgan fingerprint density at radius 2 is 2.05 bits per heavy atom. The highest BCUT2D eigenvalue weighted by Gasteiger charge is 2.35. The van der Waals surface area contributed by atoms with Crippen molar-refractivity contribution in [2.24, 2.45) is 0 Å². The summed E-state index contributed by atoms with van der Waals surface area (Å²) in [7, 11) is 0. The zero-order valence-electron chi connectivity index (χ0n) is 11.1. The van der Waals surface area contributed by atoms with Crippen LogP contribution in [0.4, 0.5) is 11.8 Å². The monoisotopic (exact) mass is 294 g/mol. The maximum Gasteiger partial charge on any atom is 0.311 e. The van der Waals surface area contributed by atoms with Crippen molar-refractivity contribution in [3.8, 4) is 0 Å². The molecule has 112 valence electrons. The van der Waals surface area contributed by atoms with Gasteiger partial charge in [-0.1, -0.05) is 0 Å². The number of rotatable bonds is 2. The number of hydrogen-bond acceptors (Lipinski definition) is 6. The van der Waals surface area contributed by atoms with E-state index >= 15 is 0 Å². The molecule has 0 saturated carbocycles. The van der Waals surface area contributed by atoms with Gasteiger partial charge in [-0.25, -0.2) is 0 Å². The van der Waals surface area contributed by atoms with Crippen LogP contribution in [0.2, 0.25) is 0 Å². The molecular formula is C12H14N4O5. The molecule has 3 heterocycles. The molecule has 0 aromatic carbocycles. The number of aromatic amines is 1. The third-order valence-electron chi connectivity index (χ3n) is 3.55. The summed E-state index contributed by atoms with van der Waals surface area (Å²) in [4.78, 5) is 43.6. The normalized spacial score (nSPS) is 21.6. The van der Waals surface area contributed by atoms with E-state index < -0.39 is 23.4 Å². The van der Waals surface area contributed by atoms with Crippen molar-refractivity contribution < 1.29 is 19.4 Å². The van der Waals surface area contributed by atoms with E-state index in [1.54, 1.807) is 0 Å². The molecule has 2 aliphatic rings. The third-order valence-corrected chi connectivity index (χ3v) is 3.55. The average molecular weight is 294 g/mol.